The Balaban J connectivity index is 2.86. The van der Waals surface area contributed by atoms with Crippen molar-refractivity contribution in [2.45, 2.75) is 39.3 Å². The number of hydrogen-bond acceptors (Lipinski definition) is 2. The molecule has 0 saturated carbocycles. The minimum atomic E-state index is -0.442. The van der Waals surface area contributed by atoms with Crippen molar-refractivity contribution in [3.05, 3.63) is 34.6 Å². The van der Waals surface area contributed by atoms with Gasteiger partial charge in [0.25, 0.3) is 0 Å². The van der Waals surface area contributed by atoms with Crippen molar-refractivity contribution >= 4 is 17.5 Å². The molecule has 1 aromatic rings. The van der Waals surface area contributed by atoms with Crippen molar-refractivity contribution in [2.24, 2.45) is 5.92 Å². The van der Waals surface area contributed by atoms with Crippen molar-refractivity contribution in [1.29, 1.82) is 0 Å². The number of hydrogen-bond donors (Lipinski definition) is 1. The number of nitrogens with one attached hydrogen (secondary N) is 1. The number of halogens is 2. The Morgan fingerprint density at radius 2 is 1.95 bits per heavy atom. The Morgan fingerprint density at radius 3 is 2.43 bits per heavy atom. The standard InChI is InChI=1S/C16H24ClFN2O/c1-10(2)8-15(16(21)20(4)5)19-11(3)12-6-7-13(17)14(18)9-12/h6-7,9-11,15,19H,8H2,1-5H3. The van der Waals surface area contributed by atoms with E-state index >= 15 is 0 Å². The van der Waals surface area contributed by atoms with Crippen LogP contribution in [-0.4, -0.2) is 30.9 Å². The van der Waals surface area contributed by atoms with Gasteiger partial charge in [-0.3, -0.25) is 10.1 Å². The van der Waals surface area contributed by atoms with Gasteiger partial charge in [0.05, 0.1) is 11.1 Å². The molecular formula is C16H24ClFN2O. The summed E-state index contributed by atoms with van der Waals surface area (Å²) >= 11 is 5.70. The first-order valence-electron chi connectivity index (χ1n) is 7.14. The van der Waals surface area contributed by atoms with Crippen LogP contribution in [-0.2, 0) is 4.79 Å². The van der Waals surface area contributed by atoms with E-state index in [4.69, 9.17) is 11.6 Å². The zero-order chi connectivity index (χ0) is 16.2. The summed E-state index contributed by atoms with van der Waals surface area (Å²) in [6.07, 6.45) is 0.734. The number of likely N-dealkylation sites (N-methyl/N-ethyl adjacent to an activating group) is 1. The summed E-state index contributed by atoms with van der Waals surface area (Å²) in [5.41, 5.74) is 0.775. The average Bonchev–Trinajstić information content (AvgIpc) is 2.39. The van der Waals surface area contributed by atoms with Crippen LogP contribution in [0.25, 0.3) is 0 Å². The Morgan fingerprint density at radius 1 is 1.33 bits per heavy atom. The Labute approximate surface area is 131 Å². The zero-order valence-corrected chi connectivity index (χ0v) is 14.0. The molecule has 21 heavy (non-hydrogen) atoms. The molecule has 5 heteroatoms. The lowest BCUT2D eigenvalue weighted by atomic mass is 10.00. The maximum Gasteiger partial charge on any atom is 0.239 e. The van der Waals surface area contributed by atoms with Gasteiger partial charge in [-0.05, 0) is 37.0 Å². The number of carbonyl (C=O) groups excluding carboxylic acids is 1. The molecule has 1 amide bonds. The predicted octanol–water partition coefficient (Wildman–Crippen LogP) is 3.63. The maximum atomic E-state index is 13.5. The van der Waals surface area contributed by atoms with Gasteiger partial charge in [0.2, 0.25) is 5.91 Å². The maximum absolute atomic E-state index is 13.5. The molecule has 0 spiro atoms. The topological polar surface area (TPSA) is 32.3 Å². The lowest BCUT2D eigenvalue weighted by molar-refractivity contribution is -0.131. The minimum Gasteiger partial charge on any atom is -0.347 e. The first-order chi connectivity index (χ1) is 9.72. The van der Waals surface area contributed by atoms with Crippen LogP contribution < -0.4 is 5.32 Å². The highest BCUT2D eigenvalue weighted by atomic mass is 35.5. The fourth-order valence-corrected chi connectivity index (χ4v) is 2.32. The highest BCUT2D eigenvalue weighted by molar-refractivity contribution is 6.30. The van der Waals surface area contributed by atoms with Gasteiger partial charge in [-0.1, -0.05) is 31.5 Å². The van der Waals surface area contributed by atoms with E-state index in [-0.39, 0.29) is 23.0 Å². The van der Waals surface area contributed by atoms with Crippen LogP contribution in [0.1, 0.15) is 38.8 Å². The van der Waals surface area contributed by atoms with Crippen molar-refractivity contribution in [3.63, 3.8) is 0 Å². The molecule has 0 saturated heterocycles. The molecule has 2 atom stereocenters. The fourth-order valence-electron chi connectivity index (χ4n) is 2.20. The number of benzene rings is 1. The van der Waals surface area contributed by atoms with Gasteiger partial charge < -0.3 is 4.90 Å². The number of amides is 1. The van der Waals surface area contributed by atoms with Crippen molar-refractivity contribution in [2.75, 3.05) is 14.1 Å². The number of rotatable bonds is 6. The lowest BCUT2D eigenvalue weighted by Gasteiger charge is -2.26. The first-order valence-corrected chi connectivity index (χ1v) is 7.52. The van der Waals surface area contributed by atoms with Crippen LogP contribution in [0.15, 0.2) is 18.2 Å². The van der Waals surface area contributed by atoms with E-state index in [0.29, 0.717) is 5.92 Å². The lowest BCUT2D eigenvalue weighted by Crippen LogP contribution is -2.45. The van der Waals surface area contributed by atoms with Gasteiger partial charge in [0.1, 0.15) is 5.82 Å². The molecule has 0 aliphatic carbocycles. The van der Waals surface area contributed by atoms with Crippen LogP contribution in [0.4, 0.5) is 4.39 Å². The van der Waals surface area contributed by atoms with Crippen molar-refractivity contribution in [3.8, 4) is 0 Å². The second kappa shape index (κ2) is 7.76. The smallest absolute Gasteiger partial charge is 0.239 e. The average molecular weight is 315 g/mol. The molecular weight excluding hydrogens is 291 g/mol. The Hall–Kier alpha value is -1.13. The zero-order valence-electron chi connectivity index (χ0n) is 13.3. The van der Waals surface area contributed by atoms with Crippen LogP contribution in [0.3, 0.4) is 0 Å². The molecule has 0 aliphatic heterocycles. The molecule has 0 aliphatic rings. The highest BCUT2D eigenvalue weighted by Gasteiger charge is 2.23. The SMILES string of the molecule is CC(C)CC(NC(C)c1ccc(Cl)c(F)c1)C(=O)N(C)C. The molecule has 2 unspecified atom stereocenters. The van der Waals surface area contributed by atoms with Gasteiger partial charge in [0.15, 0.2) is 0 Å². The third kappa shape index (κ3) is 5.29. The molecule has 0 aromatic heterocycles. The summed E-state index contributed by atoms with van der Waals surface area (Å²) in [7, 11) is 3.48. The second-order valence-electron chi connectivity index (χ2n) is 5.98. The van der Waals surface area contributed by atoms with E-state index in [1.165, 1.54) is 12.1 Å². The number of carbonyl (C=O) groups is 1. The van der Waals surface area contributed by atoms with E-state index in [1.54, 1.807) is 25.1 Å². The molecule has 0 radical (unpaired) electrons. The normalized spacial score (nSPS) is 14.1. The summed E-state index contributed by atoms with van der Waals surface area (Å²) < 4.78 is 13.5. The van der Waals surface area contributed by atoms with Crippen molar-refractivity contribution in [1.82, 2.24) is 10.2 Å². The molecule has 1 rings (SSSR count). The summed E-state index contributed by atoms with van der Waals surface area (Å²) in [5.74, 6) is -0.0206. The minimum absolute atomic E-state index is 0.0324. The van der Waals surface area contributed by atoms with E-state index in [9.17, 15) is 9.18 Å². The van der Waals surface area contributed by atoms with E-state index in [0.717, 1.165) is 12.0 Å². The molecule has 0 fully saturated rings. The molecule has 0 bridgehead atoms. The second-order valence-corrected chi connectivity index (χ2v) is 6.38. The van der Waals surface area contributed by atoms with Crippen LogP contribution in [0, 0.1) is 11.7 Å². The predicted molar refractivity (Wildman–Crippen MR) is 84.9 cm³/mol. The quantitative estimate of drug-likeness (QED) is 0.869. The molecule has 0 heterocycles. The van der Waals surface area contributed by atoms with E-state index in [2.05, 4.69) is 19.2 Å². The third-order valence-corrected chi connectivity index (χ3v) is 3.65. The molecule has 1 N–H and O–H groups in total. The summed E-state index contributed by atoms with van der Waals surface area (Å²) in [6.45, 7) is 6.06. The first kappa shape index (κ1) is 17.9. The van der Waals surface area contributed by atoms with E-state index < -0.39 is 5.82 Å². The third-order valence-electron chi connectivity index (χ3n) is 3.34. The van der Waals surface area contributed by atoms with Crippen LogP contribution in [0.5, 0.6) is 0 Å². The molecule has 1 aromatic carbocycles. The van der Waals surface area contributed by atoms with Gasteiger partial charge in [0, 0.05) is 20.1 Å². The summed E-state index contributed by atoms with van der Waals surface area (Å²) in [4.78, 5) is 13.8. The van der Waals surface area contributed by atoms with E-state index in [1.807, 2.05) is 6.92 Å². The summed E-state index contributed by atoms with van der Waals surface area (Å²) in [6, 6.07) is 4.30. The largest absolute Gasteiger partial charge is 0.347 e. The molecule has 118 valence electrons. The van der Waals surface area contributed by atoms with Gasteiger partial charge in [-0.2, -0.15) is 0 Å². The monoisotopic (exact) mass is 314 g/mol. The van der Waals surface area contributed by atoms with Gasteiger partial charge in [-0.15, -0.1) is 0 Å². The van der Waals surface area contributed by atoms with Gasteiger partial charge >= 0.3 is 0 Å². The highest BCUT2D eigenvalue weighted by Crippen LogP contribution is 2.21. The molecule has 3 nitrogen and oxygen atoms in total. The fraction of sp³-hybridized carbons (Fsp3) is 0.562. The van der Waals surface area contributed by atoms with Crippen LogP contribution >= 0.6 is 11.6 Å². The van der Waals surface area contributed by atoms with Crippen LogP contribution in [0.2, 0.25) is 5.02 Å². The number of nitrogens with zero attached hydrogens (tertiary/aromatic N) is 1. The summed E-state index contributed by atoms with van der Waals surface area (Å²) in [5, 5.41) is 3.40. The van der Waals surface area contributed by atoms with Crippen molar-refractivity contribution < 1.29 is 9.18 Å². The Bertz CT molecular complexity index is 491. The Kier molecular flexibility index (Phi) is 6.62. The van der Waals surface area contributed by atoms with Gasteiger partial charge in [-0.25, -0.2) is 4.39 Å².